The van der Waals surface area contributed by atoms with Gasteiger partial charge in [-0.05, 0) is 12.1 Å². The molecule has 1 aromatic rings. The van der Waals surface area contributed by atoms with Gasteiger partial charge in [0.2, 0.25) is 0 Å². The van der Waals surface area contributed by atoms with Crippen LogP contribution in [-0.4, -0.2) is 51.7 Å². The molecule has 5 nitrogen and oxygen atoms in total. The van der Waals surface area contributed by atoms with Gasteiger partial charge >= 0.3 is 0 Å². The molecule has 5 heteroatoms. The van der Waals surface area contributed by atoms with Gasteiger partial charge in [0.05, 0.1) is 19.8 Å². The summed E-state index contributed by atoms with van der Waals surface area (Å²) in [4.78, 5) is 0. The number of hydrogen-bond acceptors (Lipinski definition) is 5. The van der Waals surface area contributed by atoms with Crippen LogP contribution in [0.15, 0.2) is 24.3 Å². The van der Waals surface area contributed by atoms with Crippen molar-refractivity contribution in [2.45, 2.75) is 6.10 Å². The molecule has 102 valence electrons. The van der Waals surface area contributed by atoms with E-state index in [1.54, 1.807) is 14.2 Å². The second kappa shape index (κ2) is 8.74. The summed E-state index contributed by atoms with van der Waals surface area (Å²) in [6.07, 6.45) is -0.485. The van der Waals surface area contributed by atoms with Crippen LogP contribution in [0, 0.1) is 0 Å². The van der Waals surface area contributed by atoms with Crippen molar-refractivity contribution in [3.8, 4) is 11.5 Å². The Morgan fingerprint density at radius 3 is 2.61 bits per heavy atom. The summed E-state index contributed by atoms with van der Waals surface area (Å²) >= 11 is 0. The fourth-order valence-electron chi connectivity index (χ4n) is 1.49. The van der Waals surface area contributed by atoms with E-state index in [0.717, 1.165) is 11.5 Å². The topological polar surface area (TPSA) is 60.0 Å². The van der Waals surface area contributed by atoms with Gasteiger partial charge in [-0.3, -0.25) is 0 Å². The minimum absolute atomic E-state index is 0.334. The number of ether oxygens (including phenoxy) is 3. The van der Waals surface area contributed by atoms with Crippen molar-refractivity contribution in [3.05, 3.63) is 24.3 Å². The second-order valence-corrected chi connectivity index (χ2v) is 3.81. The molecule has 2 N–H and O–H groups in total. The smallest absolute Gasteiger partial charge is 0.161 e. The zero-order valence-corrected chi connectivity index (χ0v) is 10.9. The minimum Gasteiger partial charge on any atom is -0.493 e. The Morgan fingerprint density at radius 1 is 1.22 bits per heavy atom. The Morgan fingerprint density at radius 2 is 1.94 bits per heavy atom. The van der Waals surface area contributed by atoms with Crippen molar-refractivity contribution in [2.75, 3.05) is 40.5 Å². The maximum absolute atomic E-state index is 9.40. The molecule has 18 heavy (non-hydrogen) atoms. The molecule has 0 aliphatic rings. The number of methoxy groups -OCH3 is 2. The summed E-state index contributed by atoms with van der Waals surface area (Å²) in [5.74, 6) is 1.44. The van der Waals surface area contributed by atoms with Gasteiger partial charge in [-0.25, -0.2) is 0 Å². The first kappa shape index (κ1) is 14.8. The van der Waals surface area contributed by atoms with E-state index in [9.17, 15) is 5.11 Å². The number of para-hydroxylation sites is 2. The van der Waals surface area contributed by atoms with Crippen molar-refractivity contribution >= 4 is 0 Å². The molecule has 1 rings (SSSR count). The number of nitrogens with one attached hydrogen (secondary N) is 1. The van der Waals surface area contributed by atoms with Crippen molar-refractivity contribution in [2.24, 2.45) is 0 Å². The number of hydrogen-bond donors (Lipinski definition) is 2. The molecule has 0 saturated heterocycles. The molecule has 0 aliphatic carbocycles. The monoisotopic (exact) mass is 255 g/mol. The number of aliphatic hydroxyl groups excluding tert-OH is 1. The van der Waals surface area contributed by atoms with Gasteiger partial charge in [0, 0.05) is 20.2 Å². The van der Waals surface area contributed by atoms with Gasteiger partial charge in [-0.1, -0.05) is 12.1 Å². The maximum Gasteiger partial charge on any atom is 0.161 e. The summed E-state index contributed by atoms with van der Waals surface area (Å²) in [5, 5.41) is 12.5. The minimum atomic E-state index is -0.485. The quantitative estimate of drug-likeness (QED) is 0.635. The Labute approximate surface area is 108 Å². The molecule has 0 spiro atoms. The molecule has 0 fully saturated rings. The van der Waals surface area contributed by atoms with Gasteiger partial charge in [0.15, 0.2) is 11.5 Å². The van der Waals surface area contributed by atoms with E-state index in [2.05, 4.69) is 5.32 Å². The van der Waals surface area contributed by atoms with E-state index in [4.69, 9.17) is 14.2 Å². The molecule has 0 bridgehead atoms. The molecule has 0 radical (unpaired) electrons. The highest BCUT2D eigenvalue weighted by Gasteiger charge is 2.03. The van der Waals surface area contributed by atoms with Gasteiger partial charge < -0.3 is 24.6 Å². The van der Waals surface area contributed by atoms with E-state index in [1.165, 1.54) is 0 Å². The SMILES string of the molecule is COC[C@@H](O)CNCCOc1ccccc1OC. The van der Waals surface area contributed by atoms with E-state index in [0.29, 0.717) is 26.3 Å². The third-order valence-electron chi connectivity index (χ3n) is 2.34. The normalized spacial score (nSPS) is 12.2. The second-order valence-electron chi connectivity index (χ2n) is 3.81. The lowest BCUT2D eigenvalue weighted by molar-refractivity contribution is 0.0641. The summed E-state index contributed by atoms with van der Waals surface area (Å²) in [6, 6.07) is 7.50. The standard InChI is InChI=1S/C13H21NO4/c1-16-10-11(15)9-14-7-8-18-13-6-4-3-5-12(13)17-2/h3-6,11,14-15H,7-10H2,1-2H3/t11-/m0/s1. The maximum atomic E-state index is 9.40. The van der Waals surface area contributed by atoms with Gasteiger partial charge in [-0.15, -0.1) is 0 Å². The van der Waals surface area contributed by atoms with Crippen LogP contribution >= 0.6 is 0 Å². The van der Waals surface area contributed by atoms with Crippen molar-refractivity contribution in [1.82, 2.24) is 5.32 Å². The fourth-order valence-corrected chi connectivity index (χ4v) is 1.49. The molecule has 0 unspecified atom stereocenters. The summed E-state index contributed by atoms with van der Waals surface area (Å²) < 4.78 is 15.6. The third kappa shape index (κ3) is 5.35. The lowest BCUT2D eigenvalue weighted by Crippen LogP contribution is -2.32. The lowest BCUT2D eigenvalue weighted by atomic mass is 10.3. The molecule has 1 atom stereocenters. The molecule has 1 aromatic carbocycles. The highest BCUT2D eigenvalue weighted by atomic mass is 16.5. The molecular weight excluding hydrogens is 234 g/mol. The van der Waals surface area contributed by atoms with Crippen LogP contribution in [0.2, 0.25) is 0 Å². The van der Waals surface area contributed by atoms with Crippen LogP contribution < -0.4 is 14.8 Å². The third-order valence-corrected chi connectivity index (χ3v) is 2.34. The molecular formula is C13H21NO4. The first-order valence-corrected chi connectivity index (χ1v) is 5.91. The predicted octanol–water partition coefficient (Wildman–Crippen LogP) is 0.671. The van der Waals surface area contributed by atoms with Crippen LogP contribution in [0.1, 0.15) is 0 Å². The largest absolute Gasteiger partial charge is 0.493 e. The first-order valence-electron chi connectivity index (χ1n) is 5.91. The number of rotatable bonds is 9. The van der Waals surface area contributed by atoms with E-state index in [-0.39, 0.29) is 0 Å². The molecule has 0 saturated carbocycles. The highest BCUT2D eigenvalue weighted by Crippen LogP contribution is 2.25. The van der Waals surface area contributed by atoms with Crippen LogP contribution in [0.25, 0.3) is 0 Å². The predicted molar refractivity (Wildman–Crippen MR) is 69.2 cm³/mol. The van der Waals surface area contributed by atoms with E-state index < -0.39 is 6.10 Å². The van der Waals surface area contributed by atoms with E-state index in [1.807, 2.05) is 24.3 Å². The Kier molecular flexibility index (Phi) is 7.17. The summed E-state index contributed by atoms with van der Waals surface area (Å²) in [6.45, 7) is 1.99. The zero-order chi connectivity index (χ0) is 13.2. The van der Waals surface area contributed by atoms with Gasteiger partial charge in [0.1, 0.15) is 6.61 Å². The summed E-state index contributed by atoms with van der Waals surface area (Å²) in [5.41, 5.74) is 0. The van der Waals surface area contributed by atoms with E-state index >= 15 is 0 Å². The van der Waals surface area contributed by atoms with Crippen LogP contribution in [0.4, 0.5) is 0 Å². The average molecular weight is 255 g/mol. The zero-order valence-electron chi connectivity index (χ0n) is 10.9. The van der Waals surface area contributed by atoms with Crippen LogP contribution in [-0.2, 0) is 4.74 Å². The number of aliphatic hydroxyl groups is 1. The van der Waals surface area contributed by atoms with Crippen molar-refractivity contribution in [3.63, 3.8) is 0 Å². The molecule has 0 aliphatic heterocycles. The van der Waals surface area contributed by atoms with Crippen molar-refractivity contribution in [1.29, 1.82) is 0 Å². The van der Waals surface area contributed by atoms with Crippen LogP contribution in [0.3, 0.4) is 0 Å². The molecule has 0 heterocycles. The Balaban J connectivity index is 2.17. The fraction of sp³-hybridized carbons (Fsp3) is 0.538. The van der Waals surface area contributed by atoms with Gasteiger partial charge in [0.25, 0.3) is 0 Å². The average Bonchev–Trinajstić information content (AvgIpc) is 2.39. The van der Waals surface area contributed by atoms with Crippen LogP contribution in [0.5, 0.6) is 11.5 Å². The summed E-state index contributed by atoms with van der Waals surface area (Å²) in [7, 11) is 3.18. The molecule has 0 amide bonds. The highest BCUT2D eigenvalue weighted by molar-refractivity contribution is 5.39. The lowest BCUT2D eigenvalue weighted by Gasteiger charge is -2.12. The molecule has 0 aromatic heterocycles. The first-order chi connectivity index (χ1) is 8.77. The number of benzene rings is 1. The Bertz CT molecular complexity index is 333. The Hall–Kier alpha value is -1.30. The van der Waals surface area contributed by atoms with Crippen molar-refractivity contribution < 1.29 is 19.3 Å². The van der Waals surface area contributed by atoms with Gasteiger partial charge in [-0.2, -0.15) is 0 Å².